The number of hydrogen-bond donors (Lipinski definition) is 0. The van der Waals surface area contributed by atoms with Gasteiger partial charge in [0.25, 0.3) is 11.2 Å². The van der Waals surface area contributed by atoms with Crippen LogP contribution in [0.1, 0.15) is 16.7 Å². The van der Waals surface area contributed by atoms with E-state index in [9.17, 15) is 14.9 Å². The Hall–Kier alpha value is -2.43. The fourth-order valence-corrected chi connectivity index (χ4v) is 2.00. The van der Waals surface area contributed by atoms with Crippen LogP contribution in [-0.2, 0) is 6.54 Å². The van der Waals surface area contributed by atoms with E-state index in [0.29, 0.717) is 17.7 Å². The van der Waals surface area contributed by atoms with Crippen LogP contribution in [0.15, 0.2) is 41.3 Å². The van der Waals surface area contributed by atoms with Gasteiger partial charge in [0, 0.05) is 23.4 Å². The Bertz CT molecular complexity index is 689. The molecule has 0 saturated heterocycles. The van der Waals surface area contributed by atoms with Gasteiger partial charge in [0.1, 0.15) is 0 Å². The Morgan fingerprint density at radius 2 is 1.95 bits per heavy atom. The first-order valence-corrected chi connectivity index (χ1v) is 5.89. The lowest BCUT2D eigenvalue weighted by atomic mass is 10.1. The molecule has 0 radical (unpaired) electrons. The van der Waals surface area contributed by atoms with Crippen LogP contribution in [0.25, 0.3) is 0 Å². The summed E-state index contributed by atoms with van der Waals surface area (Å²) in [6.45, 7) is 3.79. The third-order valence-electron chi connectivity index (χ3n) is 3.17. The molecule has 5 nitrogen and oxygen atoms in total. The summed E-state index contributed by atoms with van der Waals surface area (Å²) in [6.07, 6.45) is 1.69. The lowest BCUT2D eigenvalue weighted by Crippen LogP contribution is -2.22. The SMILES string of the molecule is Cc1c(Cn2cccc(C)c2=O)cccc1[N+](=O)[O-]. The first-order chi connectivity index (χ1) is 9.00. The maximum Gasteiger partial charge on any atom is 0.272 e. The fourth-order valence-electron chi connectivity index (χ4n) is 2.00. The molecule has 1 aromatic heterocycles. The van der Waals surface area contributed by atoms with E-state index in [2.05, 4.69) is 0 Å². The minimum atomic E-state index is -0.405. The average molecular weight is 258 g/mol. The number of nitro groups is 1. The van der Waals surface area contributed by atoms with Gasteiger partial charge in [0.15, 0.2) is 0 Å². The van der Waals surface area contributed by atoms with Gasteiger partial charge in [0.2, 0.25) is 0 Å². The summed E-state index contributed by atoms with van der Waals surface area (Å²) in [7, 11) is 0. The van der Waals surface area contributed by atoms with E-state index in [-0.39, 0.29) is 11.2 Å². The van der Waals surface area contributed by atoms with Crippen LogP contribution in [0.2, 0.25) is 0 Å². The number of rotatable bonds is 3. The van der Waals surface area contributed by atoms with Crippen molar-refractivity contribution in [1.29, 1.82) is 0 Å². The molecule has 0 aliphatic heterocycles. The zero-order chi connectivity index (χ0) is 14.0. The summed E-state index contributed by atoms with van der Waals surface area (Å²) in [6, 6.07) is 8.46. The number of pyridine rings is 1. The first kappa shape index (κ1) is 13.0. The fraction of sp³-hybridized carbons (Fsp3) is 0.214. The van der Waals surface area contributed by atoms with Crippen molar-refractivity contribution in [2.75, 3.05) is 0 Å². The molecule has 0 spiro atoms. The van der Waals surface area contributed by atoms with Crippen molar-refractivity contribution >= 4 is 5.69 Å². The van der Waals surface area contributed by atoms with Crippen molar-refractivity contribution in [2.45, 2.75) is 20.4 Å². The molecule has 0 aliphatic carbocycles. The van der Waals surface area contributed by atoms with Gasteiger partial charge < -0.3 is 4.57 Å². The number of nitrogens with zero attached hydrogens (tertiary/aromatic N) is 2. The largest absolute Gasteiger partial charge is 0.311 e. The Kier molecular flexibility index (Phi) is 3.46. The summed E-state index contributed by atoms with van der Waals surface area (Å²) < 4.78 is 1.56. The minimum Gasteiger partial charge on any atom is -0.311 e. The van der Waals surface area contributed by atoms with Crippen molar-refractivity contribution in [1.82, 2.24) is 4.57 Å². The van der Waals surface area contributed by atoms with Gasteiger partial charge in [-0.1, -0.05) is 18.2 Å². The highest BCUT2D eigenvalue weighted by Crippen LogP contribution is 2.21. The first-order valence-electron chi connectivity index (χ1n) is 5.89. The monoisotopic (exact) mass is 258 g/mol. The van der Waals surface area contributed by atoms with E-state index in [1.165, 1.54) is 6.07 Å². The predicted molar refractivity (Wildman–Crippen MR) is 72.4 cm³/mol. The number of aryl methyl sites for hydroxylation is 1. The molecule has 0 N–H and O–H groups in total. The average Bonchev–Trinajstić information content (AvgIpc) is 2.37. The molecule has 98 valence electrons. The third-order valence-corrected chi connectivity index (χ3v) is 3.17. The van der Waals surface area contributed by atoms with Crippen molar-refractivity contribution < 1.29 is 4.92 Å². The number of benzene rings is 1. The van der Waals surface area contributed by atoms with Gasteiger partial charge in [-0.15, -0.1) is 0 Å². The van der Waals surface area contributed by atoms with Gasteiger partial charge in [0.05, 0.1) is 11.5 Å². The summed E-state index contributed by atoms with van der Waals surface area (Å²) in [5, 5.41) is 10.9. The van der Waals surface area contributed by atoms with E-state index >= 15 is 0 Å². The van der Waals surface area contributed by atoms with E-state index in [1.54, 1.807) is 48.9 Å². The molecule has 0 saturated carbocycles. The van der Waals surface area contributed by atoms with Gasteiger partial charge in [-0.2, -0.15) is 0 Å². The molecular formula is C14H14N2O3. The van der Waals surface area contributed by atoms with Crippen LogP contribution in [0, 0.1) is 24.0 Å². The maximum atomic E-state index is 11.9. The number of nitro benzene ring substituents is 1. The zero-order valence-electron chi connectivity index (χ0n) is 10.8. The van der Waals surface area contributed by atoms with Crippen LogP contribution >= 0.6 is 0 Å². The third kappa shape index (κ3) is 2.54. The molecule has 0 unspecified atom stereocenters. The molecular weight excluding hydrogens is 244 g/mol. The van der Waals surface area contributed by atoms with E-state index in [4.69, 9.17) is 0 Å². The highest BCUT2D eigenvalue weighted by molar-refractivity contribution is 5.44. The normalized spacial score (nSPS) is 10.4. The minimum absolute atomic E-state index is 0.0755. The molecule has 19 heavy (non-hydrogen) atoms. The Labute approximate surface area is 110 Å². The molecule has 0 bridgehead atoms. The van der Waals surface area contributed by atoms with Crippen LogP contribution in [0.3, 0.4) is 0 Å². The van der Waals surface area contributed by atoms with Crippen molar-refractivity contribution in [3.63, 3.8) is 0 Å². The summed E-state index contributed by atoms with van der Waals surface area (Å²) >= 11 is 0. The van der Waals surface area contributed by atoms with Crippen LogP contribution in [0.4, 0.5) is 5.69 Å². The molecule has 0 aliphatic rings. The van der Waals surface area contributed by atoms with Gasteiger partial charge in [-0.3, -0.25) is 14.9 Å². The highest BCUT2D eigenvalue weighted by atomic mass is 16.6. The van der Waals surface area contributed by atoms with Crippen molar-refractivity contribution in [3.05, 3.63) is 73.7 Å². The topological polar surface area (TPSA) is 65.1 Å². The molecule has 1 heterocycles. The van der Waals surface area contributed by atoms with Crippen molar-refractivity contribution in [2.24, 2.45) is 0 Å². The van der Waals surface area contributed by atoms with Gasteiger partial charge in [-0.05, 0) is 25.5 Å². The predicted octanol–water partition coefficient (Wildman–Crippen LogP) is 2.42. The Morgan fingerprint density at radius 3 is 2.63 bits per heavy atom. The standard InChI is InChI=1S/C14H14N2O3/c1-10-5-4-8-15(14(10)17)9-12-6-3-7-13(11(12)2)16(18)19/h3-8H,9H2,1-2H3. The number of aromatic nitrogens is 1. The summed E-state index contributed by atoms with van der Waals surface area (Å²) in [4.78, 5) is 22.4. The van der Waals surface area contributed by atoms with Crippen LogP contribution in [-0.4, -0.2) is 9.49 Å². The highest BCUT2D eigenvalue weighted by Gasteiger charge is 2.13. The van der Waals surface area contributed by atoms with E-state index in [0.717, 1.165) is 5.56 Å². The van der Waals surface area contributed by atoms with Crippen molar-refractivity contribution in [3.8, 4) is 0 Å². The molecule has 0 fully saturated rings. The lowest BCUT2D eigenvalue weighted by molar-refractivity contribution is -0.385. The van der Waals surface area contributed by atoms with Crippen LogP contribution in [0.5, 0.6) is 0 Å². The Morgan fingerprint density at radius 1 is 1.21 bits per heavy atom. The molecule has 0 atom stereocenters. The Balaban J connectivity index is 2.45. The van der Waals surface area contributed by atoms with Crippen LogP contribution < -0.4 is 5.56 Å². The molecule has 2 rings (SSSR count). The molecule has 5 heteroatoms. The molecule has 0 amide bonds. The van der Waals surface area contributed by atoms with Gasteiger partial charge >= 0.3 is 0 Å². The van der Waals surface area contributed by atoms with E-state index in [1.807, 2.05) is 0 Å². The molecule has 2 aromatic rings. The molecule has 1 aromatic carbocycles. The number of hydrogen-bond acceptors (Lipinski definition) is 3. The lowest BCUT2D eigenvalue weighted by Gasteiger charge is -2.09. The quantitative estimate of drug-likeness (QED) is 0.627. The second-order valence-corrected chi connectivity index (χ2v) is 4.44. The summed E-state index contributed by atoms with van der Waals surface area (Å²) in [5.74, 6) is 0. The van der Waals surface area contributed by atoms with E-state index < -0.39 is 4.92 Å². The second kappa shape index (κ2) is 5.06. The van der Waals surface area contributed by atoms with Gasteiger partial charge in [-0.25, -0.2) is 0 Å². The zero-order valence-corrected chi connectivity index (χ0v) is 10.8. The maximum absolute atomic E-state index is 11.9. The summed E-state index contributed by atoms with van der Waals surface area (Å²) in [5.41, 5.74) is 2.04. The second-order valence-electron chi connectivity index (χ2n) is 4.44. The smallest absolute Gasteiger partial charge is 0.272 e.